The van der Waals surface area contributed by atoms with Crippen molar-refractivity contribution in [2.75, 3.05) is 0 Å². The van der Waals surface area contributed by atoms with Gasteiger partial charge in [0.1, 0.15) is 11.5 Å². The maximum Gasteiger partial charge on any atom is 0.227 e. The van der Waals surface area contributed by atoms with Gasteiger partial charge < -0.3 is 4.42 Å². The van der Waals surface area contributed by atoms with Gasteiger partial charge in [-0.3, -0.25) is 4.79 Å². The predicted molar refractivity (Wildman–Crippen MR) is 80.4 cm³/mol. The molecule has 0 atom stereocenters. The minimum atomic E-state index is -0.344. The number of carbonyl (C=O) groups is 1. The van der Waals surface area contributed by atoms with Gasteiger partial charge in [0.25, 0.3) is 0 Å². The molecule has 3 nitrogen and oxygen atoms in total. The largest absolute Gasteiger partial charge is 0.433 e. The summed E-state index contributed by atoms with van der Waals surface area (Å²) in [6.07, 6.45) is 0.605. The zero-order chi connectivity index (χ0) is 14.8. The number of benzene rings is 2. The summed E-state index contributed by atoms with van der Waals surface area (Å²) < 4.78 is 19.4. The molecule has 1 aromatic heterocycles. The van der Waals surface area contributed by atoms with Crippen molar-refractivity contribution < 1.29 is 13.6 Å². The van der Waals surface area contributed by atoms with Gasteiger partial charge in [0.15, 0.2) is 12.0 Å². The molecule has 0 unspecified atom stereocenters. The summed E-state index contributed by atoms with van der Waals surface area (Å²) in [5.74, 6) is 0.131. The minimum Gasteiger partial charge on any atom is -0.433 e. The van der Waals surface area contributed by atoms with Gasteiger partial charge in [0.05, 0.1) is 0 Å². The zero-order valence-electron chi connectivity index (χ0n) is 10.7. The summed E-state index contributed by atoms with van der Waals surface area (Å²) in [7, 11) is 0. The van der Waals surface area contributed by atoms with Gasteiger partial charge in [0, 0.05) is 15.6 Å². The Bertz CT molecular complexity index is 779. The molecule has 21 heavy (non-hydrogen) atoms. The first-order chi connectivity index (χ1) is 10.2. The zero-order valence-corrected chi connectivity index (χ0v) is 12.3. The van der Waals surface area contributed by atoms with Crippen molar-refractivity contribution in [2.45, 2.75) is 0 Å². The molecule has 0 N–H and O–H groups in total. The van der Waals surface area contributed by atoms with E-state index in [0.29, 0.717) is 23.4 Å². The van der Waals surface area contributed by atoms with Crippen LogP contribution in [0.25, 0.3) is 22.7 Å². The van der Waals surface area contributed by atoms with E-state index in [1.54, 1.807) is 12.1 Å². The summed E-state index contributed by atoms with van der Waals surface area (Å²) in [5, 5.41) is 0. The number of rotatable bonds is 3. The van der Waals surface area contributed by atoms with Crippen LogP contribution in [0.1, 0.15) is 10.6 Å². The lowest BCUT2D eigenvalue weighted by atomic mass is 10.1. The molecule has 0 saturated heterocycles. The highest BCUT2D eigenvalue weighted by molar-refractivity contribution is 9.10. The third kappa shape index (κ3) is 2.78. The molecular weight excluding hydrogens is 337 g/mol. The Hall–Kier alpha value is -2.27. The van der Waals surface area contributed by atoms with Gasteiger partial charge in [-0.1, -0.05) is 15.9 Å². The van der Waals surface area contributed by atoms with Crippen molar-refractivity contribution in [1.82, 2.24) is 4.98 Å². The van der Waals surface area contributed by atoms with E-state index in [1.807, 2.05) is 24.3 Å². The molecular formula is C16H9BrFNO2. The van der Waals surface area contributed by atoms with Gasteiger partial charge in [-0.15, -0.1) is 0 Å². The van der Waals surface area contributed by atoms with Crippen LogP contribution in [0.2, 0.25) is 0 Å². The highest BCUT2D eigenvalue weighted by atomic mass is 79.9. The molecule has 0 radical (unpaired) electrons. The van der Waals surface area contributed by atoms with Crippen LogP contribution in [0.4, 0.5) is 4.39 Å². The Morgan fingerprint density at radius 3 is 2.24 bits per heavy atom. The van der Waals surface area contributed by atoms with Crippen LogP contribution >= 0.6 is 15.9 Å². The van der Waals surface area contributed by atoms with Crippen molar-refractivity contribution in [2.24, 2.45) is 0 Å². The van der Waals surface area contributed by atoms with Gasteiger partial charge in [-0.25, -0.2) is 9.37 Å². The molecule has 0 amide bonds. The molecule has 0 aliphatic carbocycles. The molecule has 3 rings (SSSR count). The molecule has 0 aliphatic rings. The number of aromatic nitrogens is 1. The fourth-order valence-corrected chi connectivity index (χ4v) is 2.21. The molecule has 0 bridgehead atoms. The molecule has 0 aliphatic heterocycles. The number of hydrogen-bond donors (Lipinski definition) is 0. The fourth-order valence-electron chi connectivity index (χ4n) is 1.94. The average Bonchev–Trinajstić information content (AvgIpc) is 2.93. The third-order valence-electron chi connectivity index (χ3n) is 2.97. The van der Waals surface area contributed by atoms with E-state index in [-0.39, 0.29) is 11.6 Å². The van der Waals surface area contributed by atoms with E-state index in [4.69, 9.17) is 4.42 Å². The van der Waals surface area contributed by atoms with Gasteiger partial charge in [-0.2, -0.15) is 0 Å². The third-order valence-corrected chi connectivity index (χ3v) is 3.50. The van der Waals surface area contributed by atoms with Crippen molar-refractivity contribution in [3.8, 4) is 22.7 Å². The first kappa shape index (κ1) is 13.7. The molecule has 1 heterocycles. The standard InChI is InChI=1S/C16H9BrFNO2/c17-12-5-1-11(2-6-12)16-19-15(14(9-20)21-16)10-3-7-13(18)8-4-10/h1-9H. The van der Waals surface area contributed by atoms with E-state index in [9.17, 15) is 9.18 Å². The average molecular weight is 346 g/mol. The number of hydrogen-bond acceptors (Lipinski definition) is 3. The van der Waals surface area contributed by atoms with E-state index in [1.165, 1.54) is 12.1 Å². The first-order valence-electron chi connectivity index (χ1n) is 6.15. The van der Waals surface area contributed by atoms with Crippen LogP contribution in [0.15, 0.2) is 57.4 Å². The lowest BCUT2D eigenvalue weighted by Gasteiger charge is -1.96. The highest BCUT2D eigenvalue weighted by Gasteiger charge is 2.15. The highest BCUT2D eigenvalue weighted by Crippen LogP contribution is 2.28. The number of halogens is 2. The Labute approximate surface area is 128 Å². The minimum absolute atomic E-state index is 0.125. The maximum absolute atomic E-state index is 13.0. The molecule has 0 spiro atoms. The fraction of sp³-hybridized carbons (Fsp3) is 0. The Balaban J connectivity index is 2.08. The number of nitrogens with zero attached hydrogens (tertiary/aromatic N) is 1. The van der Waals surface area contributed by atoms with E-state index >= 15 is 0 Å². The lowest BCUT2D eigenvalue weighted by Crippen LogP contribution is -1.84. The number of carbonyl (C=O) groups excluding carboxylic acids is 1. The summed E-state index contributed by atoms with van der Waals surface area (Å²) in [6.45, 7) is 0. The van der Waals surface area contributed by atoms with Crippen LogP contribution in [0.3, 0.4) is 0 Å². The van der Waals surface area contributed by atoms with Crippen LogP contribution in [0, 0.1) is 5.82 Å². The normalized spacial score (nSPS) is 10.6. The van der Waals surface area contributed by atoms with Gasteiger partial charge >= 0.3 is 0 Å². The second-order valence-corrected chi connectivity index (χ2v) is 5.28. The van der Waals surface area contributed by atoms with Gasteiger partial charge in [0.2, 0.25) is 5.89 Å². The summed E-state index contributed by atoms with van der Waals surface area (Å²) >= 11 is 3.35. The summed E-state index contributed by atoms with van der Waals surface area (Å²) in [5.41, 5.74) is 1.79. The lowest BCUT2D eigenvalue weighted by molar-refractivity contribution is 0.110. The second-order valence-electron chi connectivity index (χ2n) is 4.36. The van der Waals surface area contributed by atoms with Crippen molar-refractivity contribution in [3.63, 3.8) is 0 Å². The summed E-state index contributed by atoms with van der Waals surface area (Å²) in [4.78, 5) is 15.5. The Morgan fingerprint density at radius 2 is 1.62 bits per heavy atom. The SMILES string of the molecule is O=Cc1oc(-c2ccc(Br)cc2)nc1-c1ccc(F)cc1. The van der Waals surface area contributed by atoms with Crippen LogP contribution < -0.4 is 0 Å². The predicted octanol–water partition coefficient (Wildman–Crippen LogP) is 4.72. The number of oxazole rings is 1. The number of aldehydes is 1. The van der Waals surface area contributed by atoms with Crippen LogP contribution in [-0.2, 0) is 0 Å². The molecule has 2 aromatic carbocycles. The van der Waals surface area contributed by atoms with Crippen molar-refractivity contribution >= 4 is 22.2 Å². The second kappa shape index (κ2) is 5.61. The molecule has 3 aromatic rings. The summed E-state index contributed by atoms with van der Waals surface area (Å²) in [6, 6.07) is 13.1. The monoisotopic (exact) mass is 345 g/mol. The van der Waals surface area contributed by atoms with E-state index in [2.05, 4.69) is 20.9 Å². The molecule has 5 heteroatoms. The van der Waals surface area contributed by atoms with Crippen molar-refractivity contribution in [3.05, 3.63) is 64.6 Å². The topological polar surface area (TPSA) is 43.1 Å². The van der Waals surface area contributed by atoms with E-state index < -0.39 is 0 Å². The maximum atomic E-state index is 13.0. The van der Waals surface area contributed by atoms with Crippen LogP contribution in [0.5, 0.6) is 0 Å². The molecule has 0 saturated carbocycles. The molecule has 104 valence electrons. The smallest absolute Gasteiger partial charge is 0.227 e. The van der Waals surface area contributed by atoms with Crippen molar-refractivity contribution in [1.29, 1.82) is 0 Å². The quantitative estimate of drug-likeness (QED) is 0.645. The first-order valence-corrected chi connectivity index (χ1v) is 6.94. The van der Waals surface area contributed by atoms with E-state index in [0.717, 1.165) is 10.0 Å². The Morgan fingerprint density at radius 1 is 1.00 bits per heavy atom. The van der Waals surface area contributed by atoms with Gasteiger partial charge in [-0.05, 0) is 48.5 Å². The van der Waals surface area contributed by atoms with Crippen LogP contribution in [-0.4, -0.2) is 11.3 Å². The molecule has 0 fully saturated rings. The Kier molecular flexibility index (Phi) is 3.66.